The van der Waals surface area contributed by atoms with E-state index in [-0.39, 0.29) is 32.0 Å². The van der Waals surface area contributed by atoms with Gasteiger partial charge in [0.2, 0.25) is 0 Å². The third-order valence-corrected chi connectivity index (χ3v) is 6.52. The molecule has 2 amide bonds. The molecule has 2 N–H and O–H groups in total. The van der Waals surface area contributed by atoms with Crippen LogP contribution in [0.15, 0.2) is 48.5 Å². The molecule has 2 aromatic carbocycles. The Balaban J connectivity index is 1.44. The van der Waals surface area contributed by atoms with Crippen molar-refractivity contribution < 1.29 is 29.0 Å². The van der Waals surface area contributed by atoms with E-state index in [9.17, 15) is 19.5 Å². The molecule has 1 aliphatic heterocycles. The Morgan fingerprint density at radius 2 is 1.63 bits per heavy atom. The summed E-state index contributed by atoms with van der Waals surface area (Å²) >= 11 is 0. The average molecular weight is 481 g/mol. The molecule has 35 heavy (non-hydrogen) atoms. The number of amides is 2. The maximum Gasteiger partial charge on any atom is 0.410 e. The fourth-order valence-corrected chi connectivity index (χ4v) is 4.90. The van der Waals surface area contributed by atoms with Crippen molar-refractivity contribution in [2.45, 2.75) is 51.2 Å². The van der Waals surface area contributed by atoms with Crippen molar-refractivity contribution in [1.29, 1.82) is 0 Å². The third-order valence-electron chi connectivity index (χ3n) is 6.52. The third kappa shape index (κ3) is 5.58. The zero-order valence-corrected chi connectivity index (χ0v) is 20.3. The highest BCUT2D eigenvalue weighted by Gasteiger charge is 2.37. The number of carbonyl (C=O) groups excluding carboxylic acids is 2. The molecule has 2 unspecified atom stereocenters. The zero-order valence-electron chi connectivity index (χ0n) is 20.3. The van der Waals surface area contributed by atoms with Gasteiger partial charge in [-0.05, 0) is 55.9 Å². The molecule has 1 saturated heterocycles. The maximum atomic E-state index is 13.2. The first-order chi connectivity index (χ1) is 16.6. The number of piperidine rings is 1. The lowest BCUT2D eigenvalue weighted by Gasteiger charge is -2.37. The van der Waals surface area contributed by atoms with Gasteiger partial charge in [-0.3, -0.25) is 4.79 Å². The Bertz CT molecular complexity index is 1060. The van der Waals surface area contributed by atoms with Crippen LogP contribution in [-0.4, -0.2) is 59.5 Å². The lowest BCUT2D eigenvalue weighted by Crippen LogP contribution is -2.52. The van der Waals surface area contributed by atoms with Gasteiger partial charge in [-0.25, -0.2) is 9.59 Å². The molecular formula is C27H32N2O6. The highest BCUT2D eigenvalue weighted by atomic mass is 16.6. The molecule has 0 bridgehead atoms. The standard InChI is InChI=1S/C27H32N2O6/c1-27(2,3)35-25(32)28-15-18-14-17(24(30)31)12-13-29(18)26(33)34-16-23-21-10-6-4-8-19(21)20-9-5-7-11-22(20)23/h4-11,17-18,23H,12-16H2,1-3H3,(H,28,32)(H,30,31). The van der Waals surface area contributed by atoms with Gasteiger partial charge >= 0.3 is 18.2 Å². The Labute approximate surface area is 205 Å². The number of nitrogens with one attached hydrogen (secondary N) is 1. The molecule has 4 rings (SSSR count). The molecule has 1 fully saturated rings. The van der Waals surface area contributed by atoms with Crippen molar-refractivity contribution >= 4 is 18.2 Å². The molecule has 8 nitrogen and oxygen atoms in total. The lowest BCUT2D eigenvalue weighted by atomic mass is 9.91. The molecule has 0 aromatic heterocycles. The molecule has 2 aromatic rings. The first kappa shape index (κ1) is 24.6. The van der Waals surface area contributed by atoms with Gasteiger partial charge in [0.25, 0.3) is 0 Å². The van der Waals surface area contributed by atoms with Crippen LogP contribution < -0.4 is 5.32 Å². The van der Waals surface area contributed by atoms with Gasteiger partial charge in [-0.1, -0.05) is 48.5 Å². The Morgan fingerprint density at radius 1 is 1.03 bits per heavy atom. The minimum absolute atomic E-state index is 0.0683. The van der Waals surface area contributed by atoms with Crippen molar-refractivity contribution in [2.24, 2.45) is 5.92 Å². The highest BCUT2D eigenvalue weighted by Crippen LogP contribution is 2.44. The van der Waals surface area contributed by atoms with Gasteiger partial charge in [0.15, 0.2) is 0 Å². The number of likely N-dealkylation sites (tertiary alicyclic amines) is 1. The summed E-state index contributed by atoms with van der Waals surface area (Å²) in [5, 5.41) is 12.2. The number of alkyl carbamates (subject to hydrolysis) is 1. The van der Waals surface area contributed by atoms with E-state index in [1.165, 1.54) is 4.90 Å². The number of benzene rings is 2. The molecule has 1 aliphatic carbocycles. The molecular weight excluding hydrogens is 448 g/mol. The molecule has 0 saturated carbocycles. The minimum atomic E-state index is -0.903. The number of carbonyl (C=O) groups is 3. The summed E-state index contributed by atoms with van der Waals surface area (Å²) in [6.07, 6.45) is -0.549. The molecule has 0 radical (unpaired) electrons. The van der Waals surface area contributed by atoms with E-state index in [1.807, 2.05) is 24.3 Å². The van der Waals surface area contributed by atoms with Gasteiger partial charge in [-0.2, -0.15) is 0 Å². The van der Waals surface area contributed by atoms with E-state index in [2.05, 4.69) is 29.6 Å². The summed E-state index contributed by atoms with van der Waals surface area (Å²) in [7, 11) is 0. The number of ether oxygens (including phenoxy) is 2. The summed E-state index contributed by atoms with van der Waals surface area (Å²) in [4.78, 5) is 38.4. The summed E-state index contributed by atoms with van der Waals surface area (Å²) < 4.78 is 11.1. The van der Waals surface area contributed by atoms with Crippen LogP contribution in [-0.2, 0) is 14.3 Å². The van der Waals surface area contributed by atoms with Crippen LogP contribution in [0.25, 0.3) is 11.1 Å². The van der Waals surface area contributed by atoms with Gasteiger partial charge in [-0.15, -0.1) is 0 Å². The molecule has 1 heterocycles. The molecule has 0 spiro atoms. The second-order valence-electron chi connectivity index (χ2n) is 10.1. The Hall–Kier alpha value is -3.55. The summed E-state index contributed by atoms with van der Waals surface area (Å²) in [6, 6.07) is 15.7. The van der Waals surface area contributed by atoms with Crippen molar-refractivity contribution in [3.8, 4) is 11.1 Å². The van der Waals surface area contributed by atoms with E-state index in [1.54, 1.807) is 20.8 Å². The maximum absolute atomic E-state index is 13.2. The van der Waals surface area contributed by atoms with E-state index in [0.717, 1.165) is 22.3 Å². The molecule has 8 heteroatoms. The molecule has 2 atom stereocenters. The van der Waals surface area contributed by atoms with Crippen LogP contribution in [0.2, 0.25) is 0 Å². The van der Waals surface area contributed by atoms with Crippen LogP contribution >= 0.6 is 0 Å². The SMILES string of the molecule is CC(C)(C)OC(=O)NCC1CC(C(=O)O)CCN1C(=O)OCC1c2ccccc2-c2ccccc21. The van der Waals surface area contributed by atoms with Crippen LogP contribution in [0.5, 0.6) is 0 Å². The number of nitrogens with zero attached hydrogens (tertiary/aromatic N) is 1. The van der Waals surface area contributed by atoms with Gasteiger partial charge in [0.05, 0.1) is 12.0 Å². The predicted octanol–water partition coefficient (Wildman–Crippen LogP) is 4.63. The van der Waals surface area contributed by atoms with E-state index in [4.69, 9.17) is 9.47 Å². The molecule has 2 aliphatic rings. The molecule has 186 valence electrons. The van der Waals surface area contributed by atoms with Crippen LogP contribution in [0.4, 0.5) is 9.59 Å². The van der Waals surface area contributed by atoms with Crippen LogP contribution in [0.3, 0.4) is 0 Å². The fourth-order valence-electron chi connectivity index (χ4n) is 4.90. The summed E-state index contributed by atoms with van der Waals surface area (Å²) in [5.74, 6) is -1.56. The second kappa shape index (κ2) is 9.98. The smallest absolute Gasteiger partial charge is 0.410 e. The Kier molecular flexibility index (Phi) is 7.00. The first-order valence-corrected chi connectivity index (χ1v) is 12.0. The van der Waals surface area contributed by atoms with Gasteiger partial charge in [0.1, 0.15) is 12.2 Å². The predicted molar refractivity (Wildman–Crippen MR) is 130 cm³/mol. The summed E-state index contributed by atoms with van der Waals surface area (Å²) in [5.41, 5.74) is 3.87. The fraction of sp³-hybridized carbons (Fsp3) is 0.444. The van der Waals surface area contributed by atoms with Gasteiger partial charge in [0, 0.05) is 19.0 Å². The number of aliphatic carboxylic acids is 1. The highest BCUT2D eigenvalue weighted by molar-refractivity contribution is 5.79. The number of hydrogen-bond donors (Lipinski definition) is 2. The Morgan fingerprint density at radius 3 is 2.20 bits per heavy atom. The monoisotopic (exact) mass is 480 g/mol. The normalized spacial score (nSPS) is 19.5. The minimum Gasteiger partial charge on any atom is -0.481 e. The number of carboxylic acids is 1. The van der Waals surface area contributed by atoms with E-state index in [0.29, 0.717) is 6.42 Å². The first-order valence-electron chi connectivity index (χ1n) is 12.0. The van der Waals surface area contributed by atoms with Crippen molar-refractivity contribution in [3.63, 3.8) is 0 Å². The lowest BCUT2D eigenvalue weighted by molar-refractivity contribution is -0.143. The summed E-state index contributed by atoms with van der Waals surface area (Å²) in [6.45, 7) is 5.79. The number of carboxylic acid groups (broad SMARTS) is 1. The van der Waals surface area contributed by atoms with Crippen LogP contribution in [0.1, 0.15) is 50.7 Å². The topological polar surface area (TPSA) is 105 Å². The number of hydrogen-bond acceptors (Lipinski definition) is 5. The van der Waals surface area contributed by atoms with Crippen molar-refractivity contribution in [3.05, 3.63) is 59.7 Å². The van der Waals surface area contributed by atoms with Crippen LogP contribution in [0, 0.1) is 5.92 Å². The average Bonchev–Trinajstić information content (AvgIpc) is 3.13. The quantitative estimate of drug-likeness (QED) is 0.647. The van der Waals surface area contributed by atoms with E-state index < -0.39 is 35.7 Å². The zero-order chi connectivity index (χ0) is 25.2. The van der Waals surface area contributed by atoms with E-state index >= 15 is 0 Å². The van der Waals surface area contributed by atoms with Crippen molar-refractivity contribution in [2.75, 3.05) is 19.7 Å². The largest absolute Gasteiger partial charge is 0.481 e. The second-order valence-corrected chi connectivity index (χ2v) is 10.1. The number of fused-ring (bicyclic) bond motifs is 3. The van der Waals surface area contributed by atoms with Gasteiger partial charge < -0.3 is 24.8 Å². The van der Waals surface area contributed by atoms with Crippen molar-refractivity contribution in [1.82, 2.24) is 10.2 Å². The number of rotatable bonds is 5.